The normalized spacial score (nSPS) is 11.2. The summed E-state index contributed by atoms with van der Waals surface area (Å²) in [5.41, 5.74) is 4.74. The molecule has 0 atom stereocenters. The van der Waals surface area contributed by atoms with Crippen molar-refractivity contribution >= 4 is 6.21 Å². The third-order valence-corrected chi connectivity index (χ3v) is 4.22. The summed E-state index contributed by atoms with van der Waals surface area (Å²) in [6.07, 6.45) is 10.7. The van der Waals surface area contributed by atoms with Crippen molar-refractivity contribution < 1.29 is 5.21 Å². The highest BCUT2D eigenvalue weighted by Gasteiger charge is 1.99. The molecule has 122 valence electrons. The summed E-state index contributed by atoms with van der Waals surface area (Å²) >= 11 is 0. The minimum Gasteiger partial charge on any atom is -0.411 e. The van der Waals surface area contributed by atoms with Crippen LogP contribution in [0.15, 0.2) is 53.7 Å². The molecule has 2 rings (SSSR count). The highest BCUT2D eigenvalue weighted by molar-refractivity contribution is 5.80. The van der Waals surface area contributed by atoms with Gasteiger partial charge in [-0.15, -0.1) is 0 Å². The van der Waals surface area contributed by atoms with Crippen LogP contribution in [0.25, 0.3) is 11.1 Å². The van der Waals surface area contributed by atoms with E-state index in [4.69, 9.17) is 5.21 Å². The van der Waals surface area contributed by atoms with Gasteiger partial charge < -0.3 is 5.21 Å². The lowest BCUT2D eigenvalue weighted by Gasteiger charge is -2.05. The van der Waals surface area contributed by atoms with Gasteiger partial charge in [-0.2, -0.15) is 0 Å². The van der Waals surface area contributed by atoms with Crippen molar-refractivity contribution in [2.24, 2.45) is 5.16 Å². The lowest BCUT2D eigenvalue weighted by Crippen LogP contribution is -1.87. The average molecular weight is 309 g/mol. The molecule has 0 saturated heterocycles. The maximum Gasteiger partial charge on any atom is 0.0733 e. The van der Waals surface area contributed by atoms with Crippen molar-refractivity contribution in [1.82, 2.24) is 0 Å². The molecule has 23 heavy (non-hydrogen) atoms. The number of nitrogens with zero attached hydrogens (tertiary/aromatic N) is 1. The van der Waals surface area contributed by atoms with Crippen LogP contribution in [0.5, 0.6) is 0 Å². The number of benzene rings is 2. The molecule has 0 aromatic heterocycles. The molecule has 0 bridgehead atoms. The van der Waals surface area contributed by atoms with Crippen molar-refractivity contribution in [2.45, 2.75) is 51.9 Å². The maximum atomic E-state index is 8.54. The zero-order chi connectivity index (χ0) is 16.3. The second-order valence-corrected chi connectivity index (χ2v) is 6.08. The van der Waals surface area contributed by atoms with Gasteiger partial charge in [-0.05, 0) is 35.1 Å². The Balaban J connectivity index is 1.84. The van der Waals surface area contributed by atoms with Crippen LogP contribution in [-0.2, 0) is 6.42 Å². The van der Waals surface area contributed by atoms with E-state index in [2.05, 4.69) is 48.5 Å². The highest BCUT2D eigenvalue weighted by atomic mass is 16.4. The van der Waals surface area contributed by atoms with E-state index >= 15 is 0 Å². The Labute approximate surface area is 139 Å². The van der Waals surface area contributed by atoms with Crippen molar-refractivity contribution in [3.8, 4) is 11.1 Å². The summed E-state index contributed by atoms with van der Waals surface area (Å²) in [5, 5.41) is 11.6. The molecule has 0 aliphatic rings. The highest BCUT2D eigenvalue weighted by Crippen LogP contribution is 2.21. The van der Waals surface area contributed by atoms with Gasteiger partial charge in [0.15, 0.2) is 0 Å². The monoisotopic (exact) mass is 309 g/mol. The number of rotatable bonds is 9. The molecule has 0 heterocycles. The average Bonchev–Trinajstić information content (AvgIpc) is 2.60. The SMILES string of the molecule is CCCCCCCCc1ccc(-c2ccc(C=NO)cc2)cc1. The Bertz CT molecular complexity index is 584. The van der Waals surface area contributed by atoms with Gasteiger partial charge >= 0.3 is 0 Å². The first-order valence-corrected chi connectivity index (χ1v) is 8.70. The molecule has 2 aromatic carbocycles. The fourth-order valence-corrected chi connectivity index (χ4v) is 2.80. The molecule has 2 aromatic rings. The maximum absolute atomic E-state index is 8.54. The largest absolute Gasteiger partial charge is 0.411 e. The molecule has 0 aliphatic heterocycles. The van der Waals surface area contributed by atoms with Crippen LogP contribution >= 0.6 is 0 Å². The van der Waals surface area contributed by atoms with E-state index in [0.29, 0.717) is 0 Å². The third-order valence-electron chi connectivity index (χ3n) is 4.22. The molecule has 0 aliphatic carbocycles. The Kier molecular flexibility index (Phi) is 7.38. The van der Waals surface area contributed by atoms with Crippen molar-refractivity contribution in [2.75, 3.05) is 0 Å². The van der Waals surface area contributed by atoms with Gasteiger partial charge in [0.2, 0.25) is 0 Å². The van der Waals surface area contributed by atoms with E-state index in [0.717, 1.165) is 5.56 Å². The first kappa shape index (κ1) is 17.3. The smallest absolute Gasteiger partial charge is 0.0733 e. The quantitative estimate of drug-likeness (QED) is 0.259. The number of aryl methyl sites for hydroxylation is 1. The van der Waals surface area contributed by atoms with Crippen molar-refractivity contribution in [3.05, 3.63) is 59.7 Å². The van der Waals surface area contributed by atoms with E-state index in [1.165, 1.54) is 67.9 Å². The fourth-order valence-electron chi connectivity index (χ4n) is 2.80. The van der Waals surface area contributed by atoms with Crippen LogP contribution in [-0.4, -0.2) is 11.4 Å². The Morgan fingerprint density at radius 3 is 1.96 bits per heavy atom. The first-order chi connectivity index (χ1) is 11.3. The lowest BCUT2D eigenvalue weighted by atomic mass is 10.00. The van der Waals surface area contributed by atoms with Gasteiger partial charge in [-0.3, -0.25) is 0 Å². The topological polar surface area (TPSA) is 32.6 Å². The molecular weight excluding hydrogens is 282 g/mol. The predicted molar refractivity (Wildman–Crippen MR) is 98.3 cm³/mol. The lowest BCUT2D eigenvalue weighted by molar-refractivity contribution is 0.322. The Morgan fingerprint density at radius 1 is 0.783 bits per heavy atom. The van der Waals surface area contributed by atoms with Crippen LogP contribution in [0, 0.1) is 0 Å². The van der Waals surface area contributed by atoms with Crippen LogP contribution in [0.4, 0.5) is 0 Å². The number of oxime groups is 1. The summed E-state index contributed by atoms with van der Waals surface area (Å²) in [6, 6.07) is 16.9. The first-order valence-electron chi connectivity index (χ1n) is 8.70. The molecule has 0 amide bonds. The van der Waals surface area contributed by atoms with E-state index in [1.807, 2.05) is 12.1 Å². The summed E-state index contributed by atoms with van der Waals surface area (Å²) in [6.45, 7) is 2.26. The van der Waals surface area contributed by atoms with Crippen molar-refractivity contribution in [3.63, 3.8) is 0 Å². The molecule has 0 unspecified atom stereocenters. The number of hydrogen-bond donors (Lipinski definition) is 1. The van der Waals surface area contributed by atoms with Crippen LogP contribution in [0.1, 0.15) is 56.6 Å². The molecule has 0 saturated carbocycles. The molecule has 1 N–H and O–H groups in total. The summed E-state index contributed by atoms with van der Waals surface area (Å²) in [5.74, 6) is 0. The standard InChI is InChI=1S/C21H27NO/c1-2-3-4-5-6-7-8-18-9-13-20(14-10-18)21-15-11-19(12-16-21)17-22-23/h9-17,23H,2-8H2,1H3. The van der Waals surface area contributed by atoms with Gasteiger partial charge in [-0.25, -0.2) is 0 Å². The summed E-state index contributed by atoms with van der Waals surface area (Å²) in [4.78, 5) is 0. The molecular formula is C21H27NO. The molecule has 0 radical (unpaired) electrons. The van der Waals surface area contributed by atoms with Gasteiger partial charge in [-0.1, -0.05) is 92.7 Å². The molecule has 2 nitrogen and oxygen atoms in total. The van der Waals surface area contributed by atoms with Gasteiger partial charge in [0, 0.05) is 0 Å². The van der Waals surface area contributed by atoms with E-state index in [9.17, 15) is 0 Å². The minimum atomic E-state index is 0.899. The predicted octanol–water partition coefficient (Wildman–Crippen LogP) is 6.06. The molecule has 0 spiro atoms. The Morgan fingerprint density at radius 2 is 1.35 bits per heavy atom. The van der Waals surface area contributed by atoms with E-state index in [-0.39, 0.29) is 0 Å². The van der Waals surface area contributed by atoms with Crippen LogP contribution < -0.4 is 0 Å². The second kappa shape index (κ2) is 9.83. The van der Waals surface area contributed by atoms with Gasteiger partial charge in [0.25, 0.3) is 0 Å². The number of unbranched alkanes of at least 4 members (excludes halogenated alkanes) is 5. The molecule has 2 heteroatoms. The minimum absolute atomic E-state index is 0.899. The van der Waals surface area contributed by atoms with Crippen molar-refractivity contribution in [1.29, 1.82) is 0 Å². The summed E-state index contributed by atoms with van der Waals surface area (Å²) in [7, 11) is 0. The van der Waals surface area contributed by atoms with E-state index in [1.54, 1.807) is 0 Å². The van der Waals surface area contributed by atoms with Crippen LogP contribution in [0.2, 0.25) is 0 Å². The third kappa shape index (κ3) is 5.90. The summed E-state index contributed by atoms with van der Waals surface area (Å²) < 4.78 is 0. The zero-order valence-electron chi connectivity index (χ0n) is 14.0. The number of hydrogen-bond acceptors (Lipinski definition) is 2. The zero-order valence-corrected chi connectivity index (χ0v) is 14.0. The Hall–Kier alpha value is -2.09. The fraction of sp³-hybridized carbons (Fsp3) is 0.381. The van der Waals surface area contributed by atoms with Gasteiger partial charge in [0.1, 0.15) is 0 Å². The second-order valence-electron chi connectivity index (χ2n) is 6.08. The van der Waals surface area contributed by atoms with Gasteiger partial charge in [0.05, 0.1) is 6.21 Å². The molecule has 0 fully saturated rings. The van der Waals surface area contributed by atoms with E-state index < -0.39 is 0 Å². The van der Waals surface area contributed by atoms with Crippen LogP contribution in [0.3, 0.4) is 0 Å².